The van der Waals surface area contributed by atoms with Crippen LogP contribution in [0.4, 0.5) is 17.2 Å². The van der Waals surface area contributed by atoms with Crippen LogP contribution in [0.1, 0.15) is 55.5 Å². The Labute approximate surface area is 165 Å². The van der Waals surface area contributed by atoms with Gasteiger partial charge in [-0.05, 0) is 56.2 Å². The third-order valence-corrected chi connectivity index (χ3v) is 6.16. The summed E-state index contributed by atoms with van der Waals surface area (Å²) >= 11 is 0. The Balaban J connectivity index is 1.78. The van der Waals surface area contributed by atoms with E-state index in [1.165, 1.54) is 17.7 Å². The lowest BCUT2D eigenvalue weighted by Gasteiger charge is -2.38. The standard InChI is InChI=1S/C23H25N3O2/c1-4-28-23(27)18-13(3)24-22-20-19(18)14-7-5-6-8-16(14)25-21(20)15-11-12(2)9-10-17(15)26-22/h5-8,12,19,25H,4,9-11H2,1-3H3,(H,24,26). The number of rotatable bonds is 2. The number of aryl methyl sites for hydroxylation is 1. The van der Waals surface area contributed by atoms with Crippen LogP contribution in [0.15, 0.2) is 35.5 Å². The van der Waals surface area contributed by atoms with E-state index in [2.05, 4.69) is 29.7 Å². The van der Waals surface area contributed by atoms with Crippen LogP contribution in [0.5, 0.6) is 0 Å². The number of benzene rings is 1. The fraction of sp³-hybridized carbons (Fsp3) is 0.391. The molecule has 2 atom stereocenters. The minimum absolute atomic E-state index is 0.155. The summed E-state index contributed by atoms with van der Waals surface area (Å²) in [6.45, 7) is 6.46. The van der Waals surface area contributed by atoms with Crippen molar-refractivity contribution in [2.75, 3.05) is 17.2 Å². The molecule has 3 heterocycles. The molecule has 2 unspecified atom stereocenters. The van der Waals surface area contributed by atoms with Crippen molar-refractivity contribution in [2.24, 2.45) is 5.92 Å². The smallest absolute Gasteiger partial charge is 0.336 e. The third-order valence-electron chi connectivity index (χ3n) is 6.16. The second-order valence-corrected chi connectivity index (χ2v) is 8.05. The Morgan fingerprint density at radius 2 is 2.11 bits per heavy atom. The first-order valence-corrected chi connectivity index (χ1v) is 10.1. The number of hydrogen-bond acceptors (Lipinski definition) is 5. The van der Waals surface area contributed by atoms with Gasteiger partial charge >= 0.3 is 5.97 Å². The minimum atomic E-state index is -0.253. The fourth-order valence-corrected chi connectivity index (χ4v) is 4.86. The van der Waals surface area contributed by atoms with E-state index in [4.69, 9.17) is 9.72 Å². The largest absolute Gasteiger partial charge is 0.463 e. The van der Waals surface area contributed by atoms with Gasteiger partial charge in [-0.3, -0.25) is 0 Å². The van der Waals surface area contributed by atoms with E-state index in [0.29, 0.717) is 18.1 Å². The van der Waals surface area contributed by atoms with E-state index >= 15 is 0 Å². The zero-order valence-electron chi connectivity index (χ0n) is 16.6. The van der Waals surface area contributed by atoms with Crippen molar-refractivity contribution in [2.45, 2.75) is 46.0 Å². The van der Waals surface area contributed by atoms with Gasteiger partial charge in [0.25, 0.3) is 0 Å². The highest BCUT2D eigenvalue weighted by atomic mass is 16.5. The zero-order chi connectivity index (χ0) is 19.4. The number of hydrogen-bond donors (Lipinski definition) is 2. The van der Waals surface area contributed by atoms with Crippen LogP contribution in [-0.4, -0.2) is 17.6 Å². The van der Waals surface area contributed by atoms with Crippen molar-refractivity contribution in [3.8, 4) is 0 Å². The van der Waals surface area contributed by atoms with Gasteiger partial charge in [-0.25, -0.2) is 9.78 Å². The first-order valence-electron chi connectivity index (χ1n) is 10.1. The molecular formula is C23H25N3O2. The van der Waals surface area contributed by atoms with E-state index < -0.39 is 0 Å². The molecule has 1 aliphatic carbocycles. The van der Waals surface area contributed by atoms with E-state index in [0.717, 1.165) is 46.9 Å². The molecule has 0 bridgehead atoms. The molecule has 1 aromatic carbocycles. The Morgan fingerprint density at radius 3 is 2.93 bits per heavy atom. The number of nitrogens with zero attached hydrogens (tertiary/aromatic N) is 1. The zero-order valence-corrected chi connectivity index (χ0v) is 16.6. The molecule has 2 N–H and O–H groups in total. The molecule has 0 spiro atoms. The Bertz CT molecular complexity index is 1020. The van der Waals surface area contributed by atoms with Crippen LogP contribution in [0.3, 0.4) is 0 Å². The number of carbonyl (C=O) groups excluding carboxylic acids is 1. The monoisotopic (exact) mass is 375 g/mol. The molecule has 28 heavy (non-hydrogen) atoms. The molecule has 0 amide bonds. The van der Waals surface area contributed by atoms with Crippen molar-refractivity contribution < 1.29 is 9.53 Å². The van der Waals surface area contributed by atoms with Crippen LogP contribution in [0.25, 0.3) is 0 Å². The predicted molar refractivity (Wildman–Crippen MR) is 110 cm³/mol. The summed E-state index contributed by atoms with van der Waals surface area (Å²) in [5.41, 5.74) is 8.39. The molecule has 0 fully saturated rings. The topological polar surface area (TPSA) is 63.2 Å². The Kier molecular flexibility index (Phi) is 3.93. The number of esters is 1. The number of allylic oxidation sites excluding steroid dienone is 1. The lowest BCUT2D eigenvalue weighted by Crippen LogP contribution is -2.30. The summed E-state index contributed by atoms with van der Waals surface area (Å²) in [4.78, 5) is 17.9. The highest BCUT2D eigenvalue weighted by Crippen LogP contribution is 2.53. The maximum absolute atomic E-state index is 12.9. The maximum atomic E-state index is 12.9. The van der Waals surface area contributed by atoms with Crippen LogP contribution in [0, 0.1) is 5.92 Å². The van der Waals surface area contributed by atoms with Crippen molar-refractivity contribution in [3.63, 3.8) is 0 Å². The number of para-hydroxylation sites is 1. The molecule has 0 saturated heterocycles. The number of aromatic nitrogens is 1. The van der Waals surface area contributed by atoms with Crippen LogP contribution in [-0.2, 0) is 22.4 Å². The van der Waals surface area contributed by atoms with Gasteiger partial charge in [-0.15, -0.1) is 0 Å². The van der Waals surface area contributed by atoms with Crippen molar-refractivity contribution in [3.05, 3.63) is 57.9 Å². The molecule has 5 heteroatoms. The maximum Gasteiger partial charge on any atom is 0.336 e. The average molecular weight is 375 g/mol. The molecule has 0 radical (unpaired) electrons. The first-order chi connectivity index (χ1) is 13.6. The summed E-state index contributed by atoms with van der Waals surface area (Å²) in [5, 5.41) is 7.09. The lowest BCUT2D eigenvalue weighted by atomic mass is 9.75. The SMILES string of the molecule is CCOC(=O)C1=C(C)Nc2nc3c(c4c2C1c1ccccc1N4)CC(C)CC3. The quantitative estimate of drug-likeness (QED) is 0.748. The van der Waals surface area contributed by atoms with Gasteiger partial charge in [0.05, 0.1) is 23.8 Å². The second-order valence-electron chi connectivity index (χ2n) is 8.05. The highest BCUT2D eigenvalue weighted by Gasteiger charge is 2.41. The van der Waals surface area contributed by atoms with Gasteiger partial charge in [0.15, 0.2) is 0 Å². The fourth-order valence-electron chi connectivity index (χ4n) is 4.86. The molecule has 1 aromatic heterocycles. The molecule has 5 nitrogen and oxygen atoms in total. The molecule has 144 valence electrons. The number of carbonyl (C=O) groups is 1. The number of ether oxygens (including phenoxy) is 1. The first kappa shape index (κ1) is 17.3. The van der Waals surface area contributed by atoms with Gasteiger partial charge in [0.2, 0.25) is 0 Å². The van der Waals surface area contributed by atoms with E-state index in [1.54, 1.807) is 0 Å². The van der Waals surface area contributed by atoms with Gasteiger partial charge < -0.3 is 15.4 Å². The number of nitrogens with one attached hydrogen (secondary N) is 2. The van der Waals surface area contributed by atoms with Gasteiger partial charge in [-0.2, -0.15) is 0 Å². The van der Waals surface area contributed by atoms with E-state index in [9.17, 15) is 4.79 Å². The number of pyridine rings is 1. The van der Waals surface area contributed by atoms with Crippen molar-refractivity contribution in [1.29, 1.82) is 0 Å². The highest BCUT2D eigenvalue weighted by molar-refractivity contribution is 5.98. The normalized spacial score (nSPS) is 21.7. The van der Waals surface area contributed by atoms with Crippen LogP contribution >= 0.6 is 0 Å². The summed E-state index contributed by atoms with van der Waals surface area (Å²) in [6, 6.07) is 8.26. The summed E-state index contributed by atoms with van der Waals surface area (Å²) < 4.78 is 5.43. The Hall–Kier alpha value is -2.82. The summed E-state index contributed by atoms with van der Waals surface area (Å²) in [6.07, 6.45) is 3.19. The lowest BCUT2D eigenvalue weighted by molar-refractivity contribution is -0.138. The molecule has 0 saturated carbocycles. The molecule has 2 aromatic rings. The number of anilines is 3. The van der Waals surface area contributed by atoms with Crippen molar-refractivity contribution >= 4 is 23.2 Å². The van der Waals surface area contributed by atoms with Gasteiger partial charge in [0.1, 0.15) is 5.82 Å². The second kappa shape index (κ2) is 6.36. The molecule has 3 aliphatic rings. The van der Waals surface area contributed by atoms with Gasteiger partial charge in [-0.1, -0.05) is 25.1 Å². The van der Waals surface area contributed by atoms with Crippen molar-refractivity contribution in [1.82, 2.24) is 4.98 Å². The Morgan fingerprint density at radius 1 is 1.29 bits per heavy atom. The predicted octanol–water partition coefficient (Wildman–Crippen LogP) is 4.66. The van der Waals surface area contributed by atoms with Crippen LogP contribution < -0.4 is 10.6 Å². The molecule has 2 aliphatic heterocycles. The average Bonchev–Trinajstić information content (AvgIpc) is 2.68. The van der Waals surface area contributed by atoms with Crippen LogP contribution in [0.2, 0.25) is 0 Å². The number of fused-ring (bicyclic) bond motifs is 4. The minimum Gasteiger partial charge on any atom is -0.463 e. The summed E-state index contributed by atoms with van der Waals surface area (Å²) in [7, 11) is 0. The van der Waals surface area contributed by atoms with E-state index in [1.807, 2.05) is 26.0 Å². The van der Waals surface area contributed by atoms with E-state index in [-0.39, 0.29) is 11.9 Å². The summed E-state index contributed by atoms with van der Waals surface area (Å²) in [5.74, 6) is 1.11. The third kappa shape index (κ3) is 2.45. The molecular weight excluding hydrogens is 350 g/mol. The van der Waals surface area contributed by atoms with Gasteiger partial charge in [0, 0.05) is 22.6 Å². The molecule has 5 rings (SSSR count).